The number of amides is 1. The van der Waals surface area contributed by atoms with Crippen LogP contribution in [0.2, 0.25) is 0 Å². The number of hydrogen-bond donors (Lipinski definition) is 1. The first-order valence-electron chi connectivity index (χ1n) is 7.95. The van der Waals surface area contributed by atoms with Gasteiger partial charge in [0.25, 0.3) is 0 Å². The fourth-order valence-corrected chi connectivity index (χ4v) is 2.68. The standard InChI is InChI=1S/C16H22F3N3O2/c1-22-7-3-2-4-13(22)9-14(23)21-10-12-5-6-20-15(8-12)24-11-16(17,18)19/h5-6,8,13H,2-4,7,9-11H2,1H3,(H,21,23). The molecule has 0 radical (unpaired) electrons. The number of carbonyl (C=O) groups is 1. The zero-order valence-corrected chi connectivity index (χ0v) is 13.6. The second kappa shape index (κ2) is 8.32. The Kier molecular flexibility index (Phi) is 6.42. The fraction of sp³-hybridized carbons (Fsp3) is 0.625. The van der Waals surface area contributed by atoms with E-state index in [0.717, 1.165) is 25.8 Å². The number of piperidine rings is 1. The van der Waals surface area contributed by atoms with E-state index in [1.807, 2.05) is 7.05 Å². The van der Waals surface area contributed by atoms with Crippen LogP contribution in [0, 0.1) is 0 Å². The molecule has 1 saturated heterocycles. The van der Waals surface area contributed by atoms with Crippen molar-refractivity contribution < 1.29 is 22.7 Å². The van der Waals surface area contributed by atoms with E-state index in [2.05, 4.69) is 19.9 Å². The van der Waals surface area contributed by atoms with Crippen LogP contribution in [0.3, 0.4) is 0 Å². The van der Waals surface area contributed by atoms with Gasteiger partial charge >= 0.3 is 6.18 Å². The predicted molar refractivity (Wildman–Crippen MR) is 82.5 cm³/mol. The first-order chi connectivity index (χ1) is 11.3. The van der Waals surface area contributed by atoms with Crippen molar-refractivity contribution in [2.75, 3.05) is 20.2 Å². The van der Waals surface area contributed by atoms with Gasteiger partial charge in [-0.15, -0.1) is 0 Å². The Morgan fingerprint density at radius 2 is 2.25 bits per heavy atom. The quantitative estimate of drug-likeness (QED) is 0.861. The van der Waals surface area contributed by atoms with Gasteiger partial charge < -0.3 is 15.0 Å². The van der Waals surface area contributed by atoms with Gasteiger partial charge in [-0.2, -0.15) is 13.2 Å². The van der Waals surface area contributed by atoms with Crippen molar-refractivity contribution in [3.8, 4) is 5.88 Å². The maximum absolute atomic E-state index is 12.1. The molecule has 24 heavy (non-hydrogen) atoms. The van der Waals surface area contributed by atoms with Crippen molar-refractivity contribution in [1.82, 2.24) is 15.2 Å². The van der Waals surface area contributed by atoms with Crippen molar-refractivity contribution >= 4 is 5.91 Å². The molecule has 0 aromatic carbocycles. The molecule has 134 valence electrons. The lowest BCUT2D eigenvalue weighted by molar-refractivity contribution is -0.154. The number of hydrogen-bond acceptors (Lipinski definition) is 4. The monoisotopic (exact) mass is 345 g/mol. The van der Waals surface area contributed by atoms with Gasteiger partial charge in [-0.1, -0.05) is 6.42 Å². The van der Waals surface area contributed by atoms with Crippen LogP contribution < -0.4 is 10.1 Å². The summed E-state index contributed by atoms with van der Waals surface area (Å²) >= 11 is 0. The van der Waals surface area contributed by atoms with Gasteiger partial charge in [0.05, 0.1) is 0 Å². The highest BCUT2D eigenvalue weighted by atomic mass is 19.4. The first-order valence-corrected chi connectivity index (χ1v) is 7.95. The third-order valence-electron chi connectivity index (χ3n) is 4.02. The highest BCUT2D eigenvalue weighted by molar-refractivity contribution is 5.76. The molecule has 1 amide bonds. The van der Waals surface area contributed by atoms with Crippen LogP contribution >= 0.6 is 0 Å². The number of aromatic nitrogens is 1. The molecule has 1 fully saturated rings. The van der Waals surface area contributed by atoms with Gasteiger partial charge in [-0.25, -0.2) is 4.98 Å². The maximum atomic E-state index is 12.1. The number of nitrogens with one attached hydrogen (secondary N) is 1. The summed E-state index contributed by atoms with van der Waals surface area (Å²) < 4.78 is 41.0. The number of likely N-dealkylation sites (tertiary alicyclic amines) is 1. The molecule has 1 aromatic rings. The lowest BCUT2D eigenvalue weighted by Crippen LogP contribution is -2.40. The Balaban J connectivity index is 1.79. The number of rotatable bonds is 6. The van der Waals surface area contributed by atoms with Crippen molar-refractivity contribution in [2.24, 2.45) is 0 Å². The lowest BCUT2D eigenvalue weighted by Gasteiger charge is -2.31. The normalized spacial score (nSPS) is 19.1. The summed E-state index contributed by atoms with van der Waals surface area (Å²) in [6.07, 6.45) is 0.687. The predicted octanol–water partition coefficient (Wildman–Crippen LogP) is 2.51. The van der Waals surface area contributed by atoms with E-state index < -0.39 is 12.8 Å². The average molecular weight is 345 g/mol. The Bertz CT molecular complexity index is 552. The molecule has 1 aliphatic rings. The average Bonchev–Trinajstić information content (AvgIpc) is 2.53. The molecule has 1 N–H and O–H groups in total. The number of carbonyl (C=O) groups excluding carboxylic acids is 1. The van der Waals surface area contributed by atoms with Gasteiger partial charge in [0, 0.05) is 31.3 Å². The highest BCUT2D eigenvalue weighted by Gasteiger charge is 2.28. The van der Waals surface area contributed by atoms with E-state index in [9.17, 15) is 18.0 Å². The molecule has 2 heterocycles. The summed E-state index contributed by atoms with van der Waals surface area (Å²) in [7, 11) is 2.02. The Hall–Kier alpha value is -1.83. The second-order valence-corrected chi connectivity index (χ2v) is 6.02. The number of alkyl halides is 3. The van der Waals surface area contributed by atoms with Gasteiger partial charge in [-0.05, 0) is 38.1 Å². The fourth-order valence-electron chi connectivity index (χ4n) is 2.68. The van der Waals surface area contributed by atoms with E-state index in [-0.39, 0.29) is 24.4 Å². The first kappa shape index (κ1) is 18.5. The minimum Gasteiger partial charge on any atom is -0.468 e. The van der Waals surface area contributed by atoms with Crippen LogP contribution in [-0.2, 0) is 11.3 Å². The van der Waals surface area contributed by atoms with Crippen molar-refractivity contribution in [3.63, 3.8) is 0 Å². The number of pyridine rings is 1. The zero-order valence-electron chi connectivity index (χ0n) is 13.6. The second-order valence-electron chi connectivity index (χ2n) is 6.02. The Morgan fingerprint density at radius 1 is 1.46 bits per heavy atom. The van der Waals surface area contributed by atoms with Crippen molar-refractivity contribution in [1.29, 1.82) is 0 Å². The molecule has 0 bridgehead atoms. The number of ether oxygens (including phenoxy) is 1. The van der Waals surface area contributed by atoms with Gasteiger partial charge in [0.1, 0.15) is 0 Å². The SMILES string of the molecule is CN1CCCCC1CC(=O)NCc1ccnc(OCC(F)(F)F)c1. The minimum absolute atomic E-state index is 0.0664. The molecule has 1 aliphatic heterocycles. The summed E-state index contributed by atoms with van der Waals surface area (Å²) in [5.74, 6) is -0.172. The maximum Gasteiger partial charge on any atom is 0.422 e. The van der Waals surface area contributed by atoms with Crippen LogP contribution in [0.4, 0.5) is 13.2 Å². The van der Waals surface area contributed by atoms with Gasteiger partial charge in [0.15, 0.2) is 6.61 Å². The van der Waals surface area contributed by atoms with E-state index in [1.165, 1.54) is 12.3 Å². The number of halogens is 3. The number of nitrogens with zero attached hydrogens (tertiary/aromatic N) is 2. The van der Waals surface area contributed by atoms with E-state index in [4.69, 9.17) is 0 Å². The third kappa shape index (κ3) is 6.35. The molecule has 1 atom stereocenters. The summed E-state index contributed by atoms with van der Waals surface area (Å²) in [6.45, 7) is -0.147. The molecule has 8 heteroatoms. The smallest absolute Gasteiger partial charge is 0.422 e. The summed E-state index contributed by atoms with van der Waals surface area (Å²) in [5.41, 5.74) is 0.646. The van der Waals surface area contributed by atoms with E-state index >= 15 is 0 Å². The summed E-state index contributed by atoms with van der Waals surface area (Å²) in [5, 5.41) is 2.80. The van der Waals surface area contributed by atoms with E-state index in [0.29, 0.717) is 12.0 Å². The van der Waals surface area contributed by atoms with Gasteiger partial charge in [-0.3, -0.25) is 4.79 Å². The zero-order chi connectivity index (χ0) is 17.6. The van der Waals surface area contributed by atoms with Crippen molar-refractivity contribution in [2.45, 2.75) is 44.4 Å². The van der Waals surface area contributed by atoms with Crippen LogP contribution in [0.15, 0.2) is 18.3 Å². The third-order valence-corrected chi connectivity index (χ3v) is 4.02. The summed E-state index contributed by atoms with van der Waals surface area (Å²) in [4.78, 5) is 18.0. The molecular formula is C16H22F3N3O2. The van der Waals surface area contributed by atoms with Crippen LogP contribution in [0.25, 0.3) is 0 Å². The Morgan fingerprint density at radius 3 is 2.96 bits per heavy atom. The van der Waals surface area contributed by atoms with Crippen LogP contribution in [0.5, 0.6) is 5.88 Å². The van der Waals surface area contributed by atoms with Gasteiger partial charge in [0.2, 0.25) is 11.8 Å². The molecule has 1 unspecified atom stereocenters. The molecular weight excluding hydrogens is 323 g/mol. The highest BCUT2D eigenvalue weighted by Crippen LogP contribution is 2.19. The van der Waals surface area contributed by atoms with Crippen molar-refractivity contribution in [3.05, 3.63) is 23.9 Å². The topological polar surface area (TPSA) is 54.5 Å². The molecule has 5 nitrogen and oxygen atoms in total. The van der Waals surface area contributed by atoms with Crippen LogP contribution in [-0.4, -0.2) is 48.2 Å². The molecule has 0 saturated carbocycles. The molecule has 2 rings (SSSR count). The molecule has 1 aromatic heterocycles. The minimum atomic E-state index is -4.40. The Labute approximate surface area is 139 Å². The van der Waals surface area contributed by atoms with Crippen LogP contribution in [0.1, 0.15) is 31.2 Å². The lowest BCUT2D eigenvalue weighted by atomic mass is 10.00. The molecule has 0 spiro atoms. The van der Waals surface area contributed by atoms with E-state index in [1.54, 1.807) is 6.07 Å². The molecule has 0 aliphatic carbocycles. The summed E-state index contributed by atoms with van der Waals surface area (Å²) in [6, 6.07) is 3.29. The largest absolute Gasteiger partial charge is 0.468 e.